The minimum Gasteiger partial charge on any atom is -0.398 e. The molecule has 1 aromatic rings. The van der Waals surface area contributed by atoms with Crippen molar-refractivity contribution in [3.05, 3.63) is 33.9 Å². The summed E-state index contributed by atoms with van der Waals surface area (Å²) in [5, 5.41) is 29.5. The van der Waals surface area contributed by atoms with Crippen molar-refractivity contribution in [3.8, 4) is 0 Å². The predicted octanol–water partition coefficient (Wildman–Crippen LogP) is 0.501. The number of hydrogen-bond donors (Lipinski definition) is 4. The normalized spacial score (nSPS) is 14.4. The molecule has 0 aliphatic heterocycles. The van der Waals surface area contributed by atoms with Crippen LogP contribution in [0, 0.1) is 10.1 Å². The Morgan fingerprint density at radius 1 is 1.50 bits per heavy atom. The minimum atomic E-state index is -1.20. The zero-order chi connectivity index (χ0) is 12.3. The van der Waals surface area contributed by atoms with E-state index in [0.29, 0.717) is 0 Å². The molecule has 0 saturated carbocycles. The van der Waals surface area contributed by atoms with E-state index in [0.717, 1.165) is 6.07 Å². The molecule has 2 unspecified atom stereocenters. The van der Waals surface area contributed by atoms with Gasteiger partial charge in [0.1, 0.15) is 6.10 Å². The highest BCUT2D eigenvalue weighted by atomic mass is 32.1. The fourth-order valence-corrected chi connectivity index (χ4v) is 1.45. The van der Waals surface area contributed by atoms with Gasteiger partial charge in [-0.2, -0.15) is 12.6 Å². The van der Waals surface area contributed by atoms with Crippen molar-refractivity contribution in [2.45, 2.75) is 12.2 Å². The van der Waals surface area contributed by atoms with E-state index in [9.17, 15) is 20.3 Å². The summed E-state index contributed by atoms with van der Waals surface area (Å²) in [4.78, 5) is 9.87. The lowest BCUT2D eigenvalue weighted by Crippen LogP contribution is -2.20. The van der Waals surface area contributed by atoms with Gasteiger partial charge in [-0.1, -0.05) is 0 Å². The first kappa shape index (κ1) is 12.8. The third kappa shape index (κ3) is 2.63. The molecule has 0 saturated heterocycles. The molecule has 0 amide bonds. The maximum absolute atomic E-state index is 10.5. The summed E-state index contributed by atoms with van der Waals surface area (Å²) < 4.78 is 0. The Morgan fingerprint density at radius 3 is 2.56 bits per heavy atom. The number of benzene rings is 1. The Morgan fingerprint density at radius 2 is 2.12 bits per heavy atom. The summed E-state index contributed by atoms with van der Waals surface area (Å²) in [7, 11) is 0. The van der Waals surface area contributed by atoms with Crippen molar-refractivity contribution in [3.63, 3.8) is 0 Å². The van der Waals surface area contributed by atoms with E-state index in [-0.39, 0.29) is 22.7 Å². The molecule has 2 atom stereocenters. The lowest BCUT2D eigenvalue weighted by molar-refractivity contribution is -0.384. The lowest BCUT2D eigenvalue weighted by Gasteiger charge is -2.17. The van der Waals surface area contributed by atoms with Crippen molar-refractivity contribution in [2.75, 3.05) is 11.5 Å². The zero-order valence-electron chi connectivity index (χ0n) is 8.28. The number of nitro groups is 1. The van der Waals surface area contributed by atoms with Crippen LogP contribution in [0.1, 0.15) is 11.7 Å². The molecule has 0 aliphatic carbocycles. The second-order valence-corrected chi connectivity index (χ2v) is 3.63. The van der Waals surface area contributed by atoms with Crippen molar-refractivity contribution in [1.29, 1.82) is 0 Å². The van der Waals surface area contributed by atoms with Crippen molar-refractivity contribution in [1.82, 2.24) is 0 Å². The fourth-order valence-electron chi connectivity index (χ4n) is 1.25. The first-order valence-corrected chi connectivity index (χ1v) is 5.11. The third-order valence-corrected chi connectivity index (χ3v) is 2.53. The van der Waals surface area contributed by atoms with Crippen LogP contribution in [0.4, 0.5) is 11.4 Å². The highest BCUT2D eigenvalue weighted by Crippen LogP contribution is 2.27. The summed E-state index contributed by atoms with van der Waals surface area (Å²) in [6.45, 7) is 0. The van der Waals surface area contributed by atoms with Crippen LogP contribution in [0.2, 0.25) is 0 Å². The molecule has 0 aliphatic rings. The van der Waals surface area contributed by atoms with Crippen LogP contribution in [0.15, 0.2) is 18.2 Å². The SMILES string of the molecule is Nc1cc([N+](=O)[O-])ccc1C(O)C(O)CS. The molecule has 0 aromatic heterocycles. The summed E-state index contributed by atoms with van der Waals surface area (Å²) in [6.07, 6.45) is -2.26. The number of hydrogen-bond acceptors (Lipinski definition) is 6. The number of nitro benzene ring substituents is 1. The zero-order valence-corrected chi connectivity index (χ0v) is 9.17. The number of rotatable bonds is 4. The molecule has 7 heteroatoms. The predicted molar refractivity (Wildman–Crippen MR) is 62.3 cm³/mol. The third-order valence-electron chi connectivity index (χ3n) is 2.15. The smallest absolute Gasteiger partial charge is 0.271 e. The van der Waals surface area contributed by atoms with Gasteiger partial charge in [-0.25, -0.2) is 0 Å². The number of aliphatic hydroxyl groups is 2. The molecule has 4 N–H and O–H groups in total. The van der Waals surface area contributed by atoms with Crippen LogP contribution in [0.5, 0.6) is 0 Å². The quantitative estimate of drug-likeness (QED) is 0.267. The first-order chi connectivity index (χ1) is 7.47. The average molecular weight is 244 g/mol. The van der Waals surface area contributed by atoms with Gasteiger partial charge in [0.25, 0.3) is 5.69 Å². The van der Waals surface area contributed by atoms with Gasteiger partial charge in [0.05, 0.1) is 11.0 Å². The Bertz CT molecular complexity index is 399. The lowest BCUT2D eigenvalue weighted by atomic mass is 10.0. The standard InChI is InChI=1S/C9H12N2O4S/c10-7-3-5(11(14)15)1-2-6(7)9(13)8(12)4-16/h1-3,8-9,12-13,16H,4,10H2. The molecule has 6 nitrogen and oxygen atoms in total. The fraction of sp³-hybridized carbons (Fsp3) is 0.333. The Labute approximate surface area is 97.3 Å². The number of nitrogen functional groups attached to an aromatic ring is 1. The second-order valence-electron chi connectivity index (χ2n) is 3.27. The molecular formula is C9H12N2O4S. The maximum Gasteiger partial charge on any atom is 0.271 e. The van der Waals surface area contributed by atoms with Crippen molar-refractivity contribution >= 4 is 24.0 Å². The van der Waals surface area contributed by atoms with E-state index in [1.807, 2.05) is 0 Å². The molecule has 16 heavy (non-hydrogen) atoms. The van der Waals surface area contributed by atoms with Crippen molar-refractivity contribution in [2.24, 2.45) is 0 Å². The molecule has 0 heterocycles. The van der Waals surface area contributed by atoms with Gasteiger partial charge in [-0.15, -0.1) is 0 Å². The van der Waals surface area contributed by atoms with Crippen LogP contribution in [-0.2, 0) is 0 Å². The van der Waals surface area contributed by atoms with E-state index in [2.05, 4.69) is 12.6 Å². The van der Waals surface area contributed by atoms with Crippen LogP contribution >= 0.6 is 12.6 Å². The van der Waals surface area contributed by atoms with Gasteiger partial charge in [-0.05, 0) is 6.07 Å². The Kier molecular flexibility index (Phi) is 4.11. The maximum atomic E-state index is 10.5. The van der Waals surface area contributed by atoms with Crippen LogP contribution in [-0.4, -0.2) is 27.0 Å². The molecule has 1 aromatic carbocycles. The summed E-state index contributed by atoms with van der Waals surface area (Å²) in [5.74, 6) is 0.0671. The number of nitrogens with zero attached hydrogens (tertiary/aromatic N) is 1. The number of non-ortho nitro benzene ring substituents is 1. The van der Waals surface area contributed by atoms with E-state index >= 15 is 0 Å². The van der Waals surface area contributed by atoms with Gasteiger partial charge in [0, 0.05) is 29.1 Å². The molecule has 0 bridgehead atoms. The van der Waals surface area contributed by atoms with E-state index in [4.69, 9.17) is 5.73 Å². The summed E-state index contributed by atoms with van der Waals surface area (Å²) in [5.41, 5.74) is 5.72. The van der Waals surface area contributed by atoms with Gasteiger partial charge >= 0.3 is 0 Å². The topological polar surface area (TPSA) is 110 Å². The molecule has 88 valence electrons. The van der Waals surface area contributed by atoms with Gasteiger partial charge < -0.3 is 15.9 Å². The molecule has 0 radical (unpaired) electrons. The second kappa shape index (κ2) is 5.15. The van der Waals surface area contributed by atoms with E-state index < -0.39 is 17.1 Å². The Hall–Kier alpha value is -1.31. The molecule has 0 fully saturated rings. The minimum absolute atomic E-state index is 0.0671. The number of thiol groups is 1. The number of aliphatic hydroxyl groups excluding tert-OH is 2. The largest absolute Gasteiger partial charge is 0.398 e. The monoisotopic (exact) mass is 244 g/mol. The molecule has 1 rings (SSSR count). The van der Waals surface area contributed by atoms with E-state index in [1.54, 1.807) is 0 Å². The van der Waals surface area contributed by atoms with Crippen LogP contribution in [0.25, 0.3) is 0 Å². The van der Waals surface area contributed by atoms with E-state index in [1.165, 1.54) is 12.1 Å². The molecular weight excluding hydrogens is 232 g/mol. The van der Waals surface area contributed by atoms with Gasteiger partial charge in [0.2, 0.25) is 0 Å². The number of anilines is 1. The highest BCUT2D eigenvalue weighted by Gasteiger charge is 2.20. The summed E-state index contributed by atoms with van der Waals surface area (Å²) in [6, 6.07) is 3.69. The average Bonchev–Trinajstić information content (AvgIpc) is 2.26. The highest BCUT2D eigenvalue weighted by molar-refractivity contribution is 7.80. The van der Waals surface area contributed by atoms with Crippen LogP contribution < -0.4 is 5.73 Å². The number of nitrogens with two attached hydrogens (primary N) is 1. The van der Waals surface area contributed by atoms with Crippen molar-refractivity contribution < 1.29 is 15.1 Å². The summed E-state index contributed by atoms with van der Waals surface area (Å²) >= 11 is 3.83. The first-order valence-electron chi connectivity index (χ1n) is 4.48. The van der Waals surface area contributed by atoms with Crippen LogP contribution in [0.3, 0.4) is 0 Å². The Balaban J connectivity index is 3.03. The van der Waals surface area contributed by atoms with Gasteiger partial charge in [-0.3, -0.25) is 10.1 Å². The van der Waals surface area contributed by atoms with Gasteiger partial charge in [0.15, 0.2) is 0 Å². The molecule has 0 spiro atoms.